The number of benzene rings is 1. The van der Waals surface area contributed by atoms with Crippen LogP contribution >= 0.6 is 0 Å². The van der Waals surface area contributed by atoms with Crippen LogP contribution in [0.25, 0.3) is 16.9 Å². The van der Waals surface area contributed by atoms with Crippen LogP contribution in [-0.4, -0.2) is 25.4 Å². The molecular formula is C15H13N3O3. The van der Waals surface area contributed by atoms with Crippen molar-refractivity contribution in [2.45, 2.75) is 13.5 Å². The number of pyridine rings is 1. The molecule has 0 aliphatic carbocycles. The van der Waals surface area contributed by atoms with E-state index in [4.69, 9.17) is 0 Å². The molecule has 3 rings (SSSR count). The van der Waals surface area contributed by atoms with Gasteiger partial charge in [0.05, 0.1) is 11.3 Å². The van der Waals surface area contributed by atoms with Crippen LogP contribution in [-0.2, 0) is 6.54 Å². The number of para-hydroxylation sites is 1. The normalized spacial score (nSPS) is 10.9. The van der Waals surface area contributed by atoms with E-state index in [1.54, 1.807) is 35.0 Å². The number of hydrogen-bond acceptors (Lipinski definition) is 3. The summed E-state index contributed by atoms with van der Waals surface area (Å²) >= 11 is 0. The molecule has 0 atom stereocenters. The standard InChI is InChI=1S/C15H13N3O3/c1-2-17-8-11-13(12(9-17)15(20)21)16-18(14(11)19)10-6-4-3-5-7-10/h3-9H,2H2,1H3,(H,20,21). The van der Waals surface area contributed by atoms with Gasteiger partial charge in [-0.25, -0.2) is 4.79 Å². The van der Waals surface area contributed by atoms with Crippen molar-refractivity contribution in [2.24, 2.45) is 0 Å². The van der Waals surface area contributed by atoms with Crippen LogP contribution < -0.4 is 5.56 Å². The second-order valence-corrected chi connectivity index (χ2v) is 4.62. The Bertz CT molecular complexity index is 833. The molecule has 0 bridgehead atoms. The van der Waals surface area contributed by atoms with Gasteiger partial charge in [0, 0.05) is 18.9 Å². The molecule has 6 nitrogen and oxygen atoms in total. The van der Waals surface area contributed by atoms with Crippen LogP contribution in [0.5, 0.6) is 0 Å². The van der Waals surface area contributed by atoms with Gasteiger partial charge in [-0.3, -0.25) is 4.79 Å². The predicted molar refractivity (Wildman–Crippen MR) is 77.1 cm³/mol. The number of fused-ring (bicyclic) bond motifs is 1. The number of carbonyl (C=O) groups is 1. The monoisotopic (exact) mass is 283 g/mol. The third-order valence-electron chi connectivity index (χ3n) is 3.32. The Morgan fingerprint density at radius 1 is 1.24 bits per heavy atom. The Hall–Kier alpha value is -2.89. The highest BCUT2D eigenvalue weighted by atomic mass is 16.4. The van der Waals surface area contributed by atoms with Crippen molar-refractivity contribution in [2.75, 3.05) is 0 Å². The topological polar surface area (TPSA) is 77.1 Å². The highest BCUT2D eigenvalue weighted by Crippen LogP contribution is 2.22. The lowest BCUT2D eigenvalue weighted by molar-refractivity contribution is 0.0696. The number of carboxylic acids is 1. The summed E-state index contributed by atoms with van der Waals surface area (Å²) in [5, 5.41) is 13.5. The van der Waals surface area contributed by atoms with Gasteiger partial charge < -0.3 is 9.67 Å². The molecule has 0 fully saturated rings. The van der Waals surface area contributed by atoms with Gasteiger partial charge >= 0.3 is 5.97 Å². The fourth-order valence-corrected chi connectivity index (χ4v) is 2.24. The third kappa shape index (κ3) is 2.10. The zero-order valence-electron chi connectivity index (χ0n) is 11.4. The highest BCUT2D eigenvalue weighted by molar-refractivity contribution is 5.94. The van der Waals surface area contributed by atoms with E-state index >= 15 is 0 Å². The Balaban J connectivity index is 2.33. The van der Waals surface area contributed by atoms with Crippen molar-refractivity contribution in [1.82, 2.24) is 14.3 Å². The Kier molecular flexibility index (Phi) is 3.06. The average molecular weight is 283 g/mol. The summed E-state index contributed by atoms with van der Waals surface area (Å²) in [5.41, 5.74) is 0.836. The lowest BCUT2D eigenvalue weighted by Gasteiger charge is -2.07. The number of rotatable bonds is 3. The van der Waals surface area contributed by atoms with Gasteiger partial charge in [-0.2, -0.15) is 9.78 Å². The Morgan fingerprint density at radius 2 is 1.95 bits per heavy atom. The number of nitrogens with zero attached hydrogens (tertiary/aromatic N) is 3. The molecule has 6 heteroatoms. The number of aryl methyl sites for hydroxylation is 1. The van der Waals surface area contributed by atoms with E-state index in [-0.39, 0.29) is 16.8 Å². The molecule has 1 N–H and O–H groups in total. The minimum absolute atomic E-state index is 0.0288. The molecule has 21 heavy (non-hydrogen) atoms. The quantitative estimate of drug-likeness (QED) is 0.796. The summed E-state index contributed by atoms with van der Waals surface area (Å²) in [5.74, 6) is -1.10. The molecule has 0 spiro atoms. The lowest BCUT2D eigenvalue weighted by Crippen LogP contribution is -2.15. The van der Waals surface area contributed by atoms with Gasteiger partial charge in [-0.05, 0) is 19.1 Å². The van der Waals surface area contributed by atoms with Gasteiger partial charge in [-0.1, -0.05) is 18.2 Å². The van der Waals surface area contributed by atoms with E-state index in [9.17, 15) is 14.7 Å². The molecule has 2 heterocycles. The first-order valence-corrected chi connectivity index (χ1v) is 6.53. The van der Waals surface area contributed by atoms with Crippen LogP contribution in [0.1, 0.15) is 17.3 Å². The summed E-state index contributed by atoms with van der Waals surface area (Å²) in [7, 11) is 0. The van der Waals surface area contributed by atoms with Crippen LogP contribution in [0, 0.1) is 0 Å². The van der Waals surface area contributed by atoms with E-state index in [1.165, 1.54) is 10.9 Å². The van der Waals surface area contributed by atoms with Crippen molar-refractivity contribution < 1.29 is 9.90 Å². The molecule has 2 aliphatic rings. The van der Waals surface area contributed by atoms with Crippen LogP contribution in [0.4, 0.5) is 0 Å². The van der Waals surface area contributed by atoms with Gasteiger partial charge in [0.1, 0.15) is 11.3 Å². The van der Waals surface area contributed by atoms with Gasteiger partial charge in [0.15, 0.2) is 0 Å². The maximum Gasteiger partial charge on any atom is 0.339 e. The average Bonchev–Trinajstić information content (AvgIpc) is 2.84. The largest absolute Gasteiger partial charge is 0.478 e. The zero-order valence-corrected chi connectivity index (χ0v) is 11.4. The number of hydrogen-bond donors (Lipinski definition) is 1. The van der Waals surface area contributed by atoms with E-state index in [0.717, 1.165) is 0 Å². The first-order valence-electron chi connectivity index (χ1n) is 6.53. The second kappa shape index (κ2) is 4.90. The smallest absolute Gasteiger partial charge is 0.339 e. The molecule has 0 saturated heterocycles. The summed E-state index contributed by atoms with van der Waals surface area (Å²) in [6.07, 6.45) is 3.13. The molecule has 0 unspecified atom stereocenters. The molecular weight excluding hydrogens is 270 g/mol. The molecule has 0 saturated carbocycles. The SMILES string of the molecule is CCn1cc(C(=O)O)c2nn(-c3ccccc3)c(=O)c-2c1. The third-order valence-corrected chi connectivity index (χ3v) is 3.32. The van der Waals surface area contributed by atoms with Crippen LogP contribution in [0.15, 0.2) is 47.5 Å². The lowest BCUT2D eigenvalue weighted by atomic mass is 10.1. The number of carboxylic acid groups (broad SMARTS) is 1. The van der Waals surface area contributed by atoms with Crippen molar-refractivity contribution in [3.05, 3.63) is 58.6 Å². The molecule has 1 aromatic carbocycles. The minimum Gasteiger partial charge on any atom is -0.478 e. The molecule has 0 aromatic heterocycles. The molecule has 0 amide bonds. The van der Waals surface area contributed by atoms with Crippen LogP contribution in [0.2, 0.25) is 0 Å². The fourth-order valence-electron chi connectivity index (χ4n) is 2.24. The Morgan fingerprint density at radius 3 is 2.57 bits per heavy atom. The highest BCUT2D eigenvalue weighted by Gasteiger charge is 2.23. The maximum absolute atomic E-state index is 12.5. The Labute approximate surface area is 120 Å². The van der Waals surface area contributed by atoms with Gasteiger partial charge in [0.2, 0.25) is 0 Å². The van der Waals surface area contributed by atoms with Crippen molar-refractivity contribution in [3.63, 3.8) is 0 Å². The minimum atomic E-state index is -1.10. The van der Waals surface area contributed by atoms with Gasteiger partial charge in [-0.15, -0.1) is 0 Å². The van der Waals surface area contributed by atoms with E-state index in [0.29, 0.717) is 17.8 Å². The van der Waals surface area contributed by atoms with Crippen molar-refractivity contribution in [1.29, 1.82) is 0 Å². The van der Waals surface area contributed by atoms with Crippen molar-refractivity contribution in [3.8, 4) is 16.9 Å². The number of aromatic nitrogens is 3. The maximum atomic E-state index is 12.5. The molecule has 106 valence electrons. The molecule has 2 aliphatic heterocycles. The van der Waals surface area contributed by atoms with E-state index < -0.39 is 5.97 Å². The summed E-state index contributed by atoms with van der Waals surface area (Å²) < 4.78 is 2.90. The summed E-state index contributed by atoms with van der Waals surface area (Å²) in [6, 6.07) is 8.94. The number of aromatic carboxylic acids is 1. The summed E-state index contributed by atoms with van der Waals surface area (Å²) in [4.78, 5) is 23.8. The van der Waals surface area contributed by atoms with E-state index in [1.807, 2.05) is 13.0 Å². The first kappa shape index (κ1) is 13.1. The van der Waals surface area contributed by atoms with Crippen molar-refractivity contribution >= 4 is 5.97 Å². The molecule has 1 aromatic rings. The predicted octanol–water partition coefficient (Wildman–Crippen LogP) is 1.86. The summed E-state index contributed by atoms with van der Waals surface area (Å²) in [6.45, 7) is 2.45. The van der Waals surface area contributed by atoms with Crippen LogP contribution in [0.3, 0.4) is 0 Å². The fraction of sp³-hybridized carbons (Fsp3) is 0.133. The molecule has 0 radical (unpaired) electrons. The van der Waals surface area contributed by atoms with E-state index in [2.05, 4.69) is 5.10 Å². The zero-order chi connectivity index (χ0) is 15.0. The van der Waals surface area contributed by atoms with Gasteiger partial charge in [0.25, 0.3) is 5.56 Å². The second-order valence-electron chi connectivity index (χ2n) is 4.62. The first-order chi connectivity index (χ1) is 10.1.